The zero-order valence-electron chi connectivity index (χ0n) is 14.7. The van der Waals surface area contributed by atoms with Gasteiger partial charge >= 0.3 is 0 Å². The monoisotopic (exact) mass is 362 g/mol. The van der Waals surface area contributed by atoms with Crippen molar-refractivity contribution < 1.29 is 9.53 Å². The van der Waals surface area contributed by atoms with Crippen LogP contribution in [0.3, 0.4) is 0 Å². The van der Waals surface area contributed by atoms with Gasteiger partial charge in [-0.05, 0) is 35.6 Å². The van der Waals surface area contributed by atoms with E-state index in [9.17, 15) is 4.79 Å². The van der Waals surface area contributed by atoms with Crippen molar-refractivity contribution in [3.63, 3.8) is 0 Å². The summed E-state index contributed by atoms with van der Waals surface area (Å²) < 4.78 is 5.41. The van der Waals surface area contributed by atoms with Crippen molar-refractivity contribution >= 4 is 29.1 Å². The zero-order chi connectivity index (χ0) is 17.0. The first-order valence-corrected chi connectivity index (χ1v) is 8.66. The average molecular weight is 363 g/mol. The van der Waals surface area contributed by atoms with Gasteiger partial charge in [0.25, 0.3) is 0 Å². The standard InChI is InChI=1S/C20H26N2O2.ClH/c1-22(19(23)20(15-21)10-13-24-14-11-20)12-9-17-7-4-6-16-5-2-3-8-18(16)17;/h2-8H,9-15,21H2,1H3;1H. The number of amides is 1. The first kappa shape index (κ1) is 19.7. The second-order valence-corrected chi connectivity index (χ2v) is 6.71. The van der Waals surface area contributed by atoms with Crippen LogP contribution in [0.25, 0.3) is 10.8 Å². The molecule has 0 unspecified atom stereocenters. The molecule has 5 heteroatoms. The Morgan fingerprint density at radius 1 is 1.16 bits per heavy atom. The van der Waals surface area contributed by atoms with Crippen LogP contribution in [-0.4, -0.2) is 44.2 Å². The summed E-state index contributed by atoms with van der Waals surface area (Å²) in [4.78, 5) is 14.8. The van der Waals surface area contributed by atoms with Gasteiger partial charge in [0, 0.05) is 33.4 Å². The molecule has 0 aromatic heterocycles. The van der Waals surface area contributed by atoms with Gasteiger partial charge in [0.2, 0.25) is 5.91 Å². The fourth-order valence-corrected chi connectivity index (χ4v) is 3.57. The summed E-state index contributed by atoms with van der Waals surface area (Å²) in [5.74, 6) is 0.161. The maximum atomic E-state index is 12.9. The quantitative estimate of drug-likeness (QED) is 0.889. The van der Waals surface area contributed by atoms with E-state index in [0.717, 1.165) is 19.3 Å². The van der Waals surface area contributed by atoms with Crippen molar-refractivity contribution in [2.24, 2.45) is 11.1 Å². The number of likely N-dealkylation sites (N-methyl/N-ethyl adjacent to an activating group) is 1. The van der Waals surface area contributed by atoms with Gasteiger partial charge in [-0.15, -0.1) is 12.4 Å². The first-order valence-electron chi connectivity index (χ1n) is 8.66. The fraction of sp³-hybridized carbons (Fsp3) is 0.450. The lowest BCUT2D eigenvalue weighted by molar-refractivity contribution is -0.145. The van der Waals surface area contributed by atoms with E-state index in [2.05, 4.69) is 42.5 Å². The van der Waals surface area contributed by atoms with Crippen LogP contribution in [0.1, 0.15) is 18.4 Å². The summed E-state index contributed by atoms with van der Waals surface area (Å²) in [6.45, 7) is 2.35. The molecule has 2 aromatic rings. The number of nitrogens with two attached hydrogens (primary N) is 1. The number of carbonyl (C=O) groups is 1. The Labute approximate surface area is 155 Å². The van der Waals surface area contributed by atoms with E-state index in [1.165, 1.54) is 16.3 Å². The molecule has 3 rings (SSSR count). The Hall–Kier alpha value is -1.62. The number of nitrogens with zero attached hydrogens (tertiary/aromatic N) is 1. The molecule has 0 spiro atoms. The number of benzene rings is 2. The highest BCUT2D eigenvalue weighted by atomic mass is 35.5. The first-order chi connectivity index (χ1) is 11.7. The molecule has 25 heavy (non-hydrogen) atoms. The molecule has 0 atom stereocenters. The second kappa shape index (κ2) is 8.65. The molecule has 1 fully saturated rings. The van der Waals surface area contributed by atoms with Crippen LogP contribution in [0.15, 0.2) is 42.5 Å². The zero-order valence-corrected chi connectivity index (χ0v) is 15.6. The largest absolute Gasteiger partial charge is 0.381 e. The van der Waals surface area contributed by atoms with E-state index in [0.29, 0.717) is 26.3 Å². The molecular weight excluding hydrogens is 336 g/mol. The lowest BCUT2D eigenvalue weighted by Crippen LogP contribution is -2.50. The molecule has 0 aliphatic carbocycles. The van der Waals surface area contributed by atoms with E-state index in [1.807, 2.05) is 11.9 Å². The van der Waals surface area contributed by atoms with E-state index in [1.54, 1.807) is 0 Å². The third-order valence-electron chi connectivity index (χ3n) is 5.24. The SMILES string of the molecule is CN(CCc1cccc2ccccc12)C(=O)C1(CN)CCOCC1.Cl. The molecule has 2 N–H and O–H groups in total. The highest BCUT2D eigenvalue weighted by Crippen LogP contribution is 2.31. The molecule has 136 valence electrons. The minimum absolute atomic E-state index is 0. The van der Waals surface area contributed by atoms with Crippen LogP contribution in [0, 0.1) is 5.41 Å². The van der Waals surface area contributed by atoms with E-state index in [4.69, 9.17) is 10.5 Å². The van der Waals surface area contributed by atoms with Crippen molar-refractivity contribution in [3.8, 4) is 0 Å². The van der Waals surface area contributed by atoms with Gasteiger partial charge < -0.3 is 15.4 Å². The number of carbonyl (C=O) groups excluding carboxylic acids is 1. The highest BCUT2D eigenvalue weighted by Gasteiger charge is 2.40. The molecule has 0 bridgehead atoms. The number of ether oxygens (including phenoxy) is 1. The summed E-state index contributed by atoms with van der Waals surface area (Å²) in [6, 6.07) is 14.7. The summed E-state index contributed by atoms with van der Waals surface area (Å²) in [7, 11) is 1.89. The van der Waals surface area contributed by atoms with Gasteiger partial charge in [-0.2, -0.15) is 0 Å². The van der Waals surface area contributed by atoms with Gasteiger partial charge in [-0.1, -0.05) is 42.5 Å². The summed E-state index contributed by atoms with van der Waals surface area (Å²) in [5, 5.41) is 2.51. The van der Waals surface area contributed by atoms with Gasteiger partial charge in [0.05, 0.1) is 5.41 Å². The van der Waals surface area contributed by atoms with Crippen LogP contribution in [0.4, 0.5) is 0 Å². The molecule has 1 saturated heterocycles. The van der Waals surface area contributed by atoms with Crippen LogP contribution < -0.4 is 5.73 Å². The van der Waals surface area contributed by atoms with E-state index >= 15 is 0 Å². The molecule has 0 saturated carbocycles. The van der Waals surface area contributed by atoms with E-state index in [-0.39, 0.29) is 18.3 Å². The van der Waals surface area contributed by atoms with Crippen LogP contribution >= 0.6 is 12.4 Å². The number of hydrogen-bond acceptors (Lipinski definition) is 3. The Kier molecular flexibility index (Phi) is 6.82. The average Bonchev–Trinajstić information content (AvgIpc) is 2.66. The Bertz CT molecular complexity index is 708. The van der Waals surface area contributed by atoms with Gasteiger partial charge in [0.15, 0.2) is 0 Å². The smallest absolute Gasteiger partial charge is 0.229 e. The van der Waals surface area contributed by atoms with Crippen molar-refractivity contribution in [2.75, 3.05) is 33.4 Å². The van der Waals surface area contributed by atoms with Gasteiger partial charge in [-0.25, -0.2) is 0 Å². The van der Waals surface area contributed by atoms with E-state index < -0.39 is 5.41 Å². The predicted octanol–water partition coefficient (Wildman–Crippen LogP) is 3.02. The summed E-state index contributed by atoms with van der Waals surface area (Å²) in [6.07, 6.45) is 2.29. The van der Waals surface area contributed by atoms with Crippen molar-refractivity contribution in [1.29, 1.82) is 0 Å². The second-order valence-electron chi connectivity index (χ2n) is 6.71. The van der Waals surface area contributed by atoms with Crippen LogP contribution in [0.5, 0.6) is 0 Å². The third kappa shape index (κ3) is 4.14. The van der Waals surface area contributed by atoms with Crippen molar-refractivity contribution in [1.82, 2.24) is 4.90 Å². The minimum Gasteiger partial charge on any atom is -0.381 e. The third-order valence-corrected chi connectivity index (χ3v) is 5.24. The maximum absolute atomic E-state index is 12.9. The summed E-state index contributed by atoms with van der Waals surface area (Å²) in [5.41, 5.74) is 6.80. The Morgan fingerprint density at radius 3 is 2.56 bits per heavy atom. The fourth-order valence-electron chi connectivity index (χ4n) is 3.57. The Balaban J connectivity index is 0.00000225. The minimum atomic E-state index is -0.439. The molecule has 1 aliphatic heterocycles. The summed E-state index contributed by atoms with van der Waals surface area (Å²) >= 11 is 0. The molecular formula is C20H27ClN2O2. The molecule has 2 aromatic carbocycles. The number of hydrogen-bond donors (Lipinski definition) is 1. The van der Waals surface area contributed by atoms with Gasteiger partial charge in [0.1, 0.15) is 0 Å². The lowest BCUT2D eigenvalue weighted by Gasteiger charge is -2.37. The molecule has 0 radical (unpaired) electrons. The lowest BCUT2D eigenvalue weighted by atomic mass is 9.79. The molecule has 1 aliphatic rings. The number of fused-ring (bicyclic) bond motifs is 1. The predicted molar refractivity (Wildman–Crippen MR) is 104 cm³/mol. The maximum Gasteiger partial charge on any atom is 0.229 e. The normalized spacial score (nSPS) is 16.2. The van der Waals surface area contributed by atoms with Crippen molar-refractivity contribution in [3.05, 3.63) is 48.0 Å². The highest BCUT2D eigenvalue weighted by molar-refractivity contribution is 5.86. The number of halogens is 1. The molecule has 4 nitrogen and oxygen atoms in total. The van der Waals surface area contributed by atoms with Crippen LogP contribution in [-0.2, 0) is 16.0 Å². The number of rotatable bonds is 5. The van der Waals surface area contributed by atoms with Gasteiger partial charge in [-0.3, -0.25) is 4.79 Å². The topological polar surface area (TPSA) is 55.6 Å². The molecule has 1 heterocycles. The van der Waals surface area contributed by atoms with Crippen LogP contribution in [0.2, 0.25) is 0 Å². The van der Waals surface area contributed by atoms with Crippen molar-refractivity contribution in [2.45, 2.75) is 19.3 Å². The Morgan fingerprint density at radius 2 is 1.84 bits per heavy atom. The molecule has 1 amide bonds.